The van der Waals surface area contributed by atoms with Crippen LogP contribution in [0.3, 0.4) is 0 Å². The number of anilines is 1. The molecule has 0 aliphatic carbocycles. The van der Waals surface area contributed by atoms with E-state index in [-0.39, 0.29) is 12.0 Å². The minimum Gasteiger partial charge on any atom is -0.392 e. The van der Waals surface area contributed by atoms with Gasteiger partial charge in [-0.1, -0.05) is 13.8 Å². The first kappa shape index (κ1) is 14.0. The van der Waals surface area contributed by atoms with Crippen LogP contribution in [0.2, 0.25) is 0 Å². The summed E-state index contributed by atoms with van der Waals surface area (Å²) in [6.07, 6.45) is 1.57. The number of hydrogen-bond acceptors (Lipinski definition) is 4. The number of aliphatic hydroxyl groups excluding tert-OH is 1. The summed E-state index contributed by atoms with van der Waals surface area (Å²) in [5.74, 6) is 1.22. The number of aromatic nitrogens is 2. The Hall–Kier alpha value is -1.07. The molecule has 1 aromatic rings. The van der Waals surface area contributed by atoms with Crippen molar-refractivity contribution in [3.05, 3.63) is 11.9 Å². The topological polar surface area (TPSA) is 53.3 Å². The van der Waals surface area contributed by atoms with Gasteiger partial charge < -0.3 is 19.9 Å². The van der Waals surface area contributed by atoms with E-state index < -0.39 is 0 Å². The van der Waals surface area contributed by atoms with Crippen LogP contribution in [-0.4, -0.2) is 41.4 Å². The second-order valence-electron chi connectivity index (χ2n) is 4.95. The van der Waals surface area contributed by atoms with Gasteiger partial charge in [-0.15, -0.1) is 0 Å². The lowest BCUT2D eigenvalue weighted by Gasteiger charge is -2.16. The standard InChI is InChI=1S/C12H24N4O/c1-9(2)11(17)8-13-6-10-7-14-12(15(3)4)16(10)5/h7,9,11,13,17H,6,8H2,1-5H3. The minimum absolute atomic E-state index is 0.284. The van der Waals surface area contributed by atoms with Gasteiger partial charge in [-0.05, 0) is 5.92 Å². The predicted molar refractivity (Wildman–Crippen MR) is 70.1 cm³/mol. The molecular weight excluding hydrogens is 216 g/mol. The molecule has 0 fully saturated rings. The second kappa shape index (κ2) is 6.02. The van der Waals surface area contributed by atoms with Crippen molar-refractivity contribution >= 4 is 5.95 Å². The molecule has 5 nitrogen and oxygen atoms in total. The quantitative estimate of drug-likeness (QED) is 0.764. The molecule has 1 atom stereocenters. The molecule has 0 aliphatic rings. The zero-order chi connectivity index (χ0) is 13.0. The van der Waals surface area contributed by atoms with Gasteiger partial charge in [0, 0.05) is 34.2 Å². The van der Waals surface area contributed by atoms with Crippen molar-refractivity contribution in [1.29, 1.82) is 0 Å². The summed E-state index contributed by atoms with van der Waals surface area (Å²) in [6, 6.07) is 0. The van der Waals surface area contributed by atoms with Crippen LogP contribution in [0.5, 0.6) is 0 Å². The fourth-order valence-corrected chi connectivity index (χ4v) is 1.60. The average molecular weight is 240 g/mol. The predicted octanol–water partition coefficient (Wildman–Crippen LogP) is 0.593. The van der Waals surface area contributed by atoms with Crippen LogP contribution in [0.4, 0.5) is 5.95 Å². The number of imidazole rings is 1. The maximum absolute atomic E-state index is 9.67. The van der Waals surface area contributed by atoms with E-state index in [1.807, 2.05) is 46.1 Å². The van der Waals surface area contributed by atoms with Crippen LogP contribution in [-0.2, 0) is 13.6 Å². The first-order valence-electron chi connectivity index (χ1n) is 6.00. The lowest BCUT2D eigenvalue weighted by Crippen LogP contribution is -2.30. The highest BCUT2D eigenvalue weighted by molar-refractivity contribution is 5.30. The summed E-state index contributed by atoms with van der Waals surface area (Å²) < 4.78 is 2.05. The van der Waals surface area contributed by atoms with Crippen molar-refractivity contribution < 1.29 is 5.11 Å². The summed E-state index contributed by atoms with van der Waals surface area (Å²) in [5, 5.41) is 12.9. The Morgan fingerprint density at radius 3 is 2.59 bits per heavy atom. The molecule has 0 saturated carbocycles. The molecule has 1 aromatic heterocycles. The van der Waals surface area contributed by atoms with Gasteiger partial charge in [0.25, 0.3) is 0 Å². The number of nitrogens with one attached hydrogen (secondary N) is 1. The van der Waals surface area contributed by atoms with Crippen molar-refractivity contribution in [2.45, 2.75) is 26.5 Å². The molecule has 0 spiro atoms. The first-order chi connectivity index (χ1) is 7.93. The zero-order valence-electron chi connectivity index (χ0n) is 11.4. The molecule has 0 amide bonds. The number of nitrogens with zero attached hydrogens (tertiary/aromatic N) is 3. The lowest BCUT2D eigenvalue weighted by atomic mass is 10.1. The molecule has 2 N–H and O–H groups in total. The normalized spacial score (nSPS) is 13.1. The summed E-state index contributed by atoms with van der Waals surface area (Å²) >= 11 is 0. The van der Waals surface area contributed by atoms with Gasteiger partial charge in [-0.3, -0.25) is 0 Å². The van der Waals surface area contributed by atoms with Gasteiger partial charge in [0.1, 0.15) is 0 Å². The Balaban J connectivity index is 2.47. The average Bonchev–Trinajstić information content (AvgIpc) is 2.60. The van der Waals surface area contributed by atoms with Crippen molar-refractivity contribution in [1.82, 2.24) is 14.9 Å². The van der Waals surface area contributed by atoms with Gasteiger partial charge in [0.15, 0.2) is 0 Å². The molecule has 0 bridgehead atoms. The molecule has 1 heterocycles. The SMILES string of the molecule is CC(C)C(O)CNCc1cnc(N(C)C)n1C. The highest BCUT2D eigenvalue weighted by atomic mass is 16.3. The minimum atomic E-state index is -0.295. The van der Waals surface area contributed by atoms with E-state index in [0.29, 0.717) is 6.54 Å². The van der Waals surface area contributed by atoms with E-state index in [1.165, 1.54) is 0 Å². The van der Waals surface area contributed by atoms with Gasteiger partial charge in [-0.25, -0.2) is 4.98 Å². The fourth-order valence-electron chi connectivity index (χ4n) is 1.60. The van der Waals surface area contributed by atoms with E-state index in [0.717, 1.165) is 18.2 Å². The van der Waals surface area contributed by atoms with Crippen molar-refractivity contribution in [3.8, 4) is 0 Å². The second-order valence-corrected chi connectivity index (χ2v) is 4.95. The fraction of sp³-hybridized carbons (Fsp3) is 0.750. The van der Waals surface area contributed by atoms with Crippen molar-refractivity contribution in [2.24, 2.45) is 13.0 Å². The van der Waals surface area contributed by atoms with E-state index in [9.17, 15) is 5.11 Å². The molecule has 1 unspecified atom stereocenters. The summed E-state index contributed by atoms with van der Waals surface area (Å²) in [7, 11) is 5.95. The summed E-state index contributed by atoms with van der Waals surface area (Å²) in [5.41, 5.74) is 1.12. The largest absolute Gasteiger partial charge is 0.392 e. The van der Waals surface area contributed by atoms with Gasteiger partial charge >= 0.3 is 0 Å². The number of hydrogen-bond donors (Lipinski definition) is 2. The summed E-state index contributed by atoms with van der Waals surface area (Å²) in [4.78, 5) is 6.31. The molecular formula is C12H24N4O. The van der Waals surface area contributed by atoms with Crippen LogP contribution in [0.25, 0.3) is 0 Å². The maximum atomic E-state index is 9.67. The van der Waals surface area contributed by atoms with Crippen LogP contribution in [0.1, 0.15) is 19.5 Å². The Bertz CT molecular complexity index is 346. The van der Waals surface area contributed by atoms with Crippen molar-refractivity contribution in [2.75, 3.05) is 25.5 Å². The molecule has 1 rings (SSSR count). The van der Waals surface area contributed by atoms with Crippen LogP contribution in [0, 0.1) is 5.92 Å². The van der Waals surface area contributed by atoms with E-state index in [4.69, 9.17) is 0 Å². The summed E-state index contributed by atoms with van der Waals surface area (Å²) in [6.45, 7) is 5.36. The van der Waals surface area contributed by atoms with Crippen molar-refractivity contribution in [3.63, 3.8) is 0 Å². The van der Waals surface area contributed by atoms with Gasteiger partial charge in [-0.2, -0.15) is 0 Å². The smallest absolute Gasteiger partial charge is 0.204 e. The van der Waals surface area contributed by atoms with Crippen LogP contribution in [0.15, 0.2) is 6.20 Å². The van der Waals surface area contributed by atoms with E-state index in [1.54, 1.807) is 0 Å². The molecule has 17 heavy (non-hydrogen) atoms. The Kier molecular flexibility index (Phi) is 4.96. The number of aliphatic hydroxyl groups is 1. The zero-order valence-corrected chi connectivity index (χ0v) is 11.4. The van der Waals surface area contributed by atoms with E-state index in [2.05, 4.69) is 14.9 Å². The Morgan fingerprint density at radius 2 is 2.12 bits per heavy atom. The molecule has 0 aromatic carbocycles. The number of rotatable bonds is 6. The molecule has 0 radical (unpaired) electrons. The van der Waals surface area contributed by atoms with Crippen LogP contribution < -0.4 is 10.2 Å². The van der Waals surface area contributed by atoms with E-state index >= 15 is 0 Å². The maximum Gasteiger partial charge on any atom is 0.204 e. The van der Waals surface area contributed by atoms with Crippen LogP contribution >= 0.6 is 0 Å². The highest BCUT2D eigenvalue weighted by Crippen LogP contribution is 2.10. The molecule has 0 aliphatic heterocycles. The third-order valence-electron chi connectivity index (χ3n) is 2.89. The monoisotopic (exact) mass is 240 g/mol. The first-order valence-corrected chi connectivity index (χ1v) is 6.00. The Morgan fingerprint density at radius 1 is 1.47 bits per heavy atom. The molecule has 98 valence electrons. The highest BCUT2D eigenvalue weighted by Gasteiger charge is 2.10. The third-order valence-corrected chi connectivity index (χ3v) is 2.89. The lowest BCUT2D eigenvalue weighted by molar-refractivity contribution is 0.123. The molecule has 0 saturated heterocycles. The Labute approximate surface area is 103 Å². The third kappa shape index (κ3) is 3.71. The van der Waals surface area contributed by atoms with Gasteiger partial charge in [0.05, 0.1) is 18.0 Å². The molecule has 5 heteroatoms. The van der Waals surface area contributed by atoms with Gasteiger partial charge in [0.2, 0.25) is 5.95 Å².